The van der Waals surface area contributed by atoms with Crippen molar-refractivity contribution < 1.29 is 9.90 Å². The highest BCUT2D eigenvalue weighted by Crippen LogP contribution is 2.24. The first-order chi connectivity index (χ1) is 12.9. The standard InChI is InChI=1S/C21H22N2O2S2/c1-15-23-18(12-26-15)13-27-19-10-8-16(9-11-19)20(24)22-14-21(2,25)17-6-4-3-5-7-17/h3-12,25H,13-14H2,1-2H3,(H,22,24). The van der Waals surface area contributed by atoms with Gasteiger partial charge in [-0.1, -0.05) is 30.3 Å². The number of benzene rings is 2. The quantitative estimate of drug-likeness (QED) is 0.580. The minimum absolute atomic E-state index is 0.148. The van der Waals surface area contributed by atoms with E-state index < -0.39 is 5.60 Å². The van der Waals surface area contributed by atoms with E-state index in [1.54, 1.807) is 42.2 Å². The highest BCUT2D eigenvalue weighted by Gasteiger charge is 2.23. The lowest BCUT2D eigenvalue weighted by atomic mass is 9.96. The predicted octanol–water partition coefficient (Wildman–Crippen LogP) is 4.38. The molecule has 27 heavy (non-hydrogen) atoms. The van der Waals surface area contributed by atoms with Crippen LogP contribution in [0.2, 0.25) is 0 Å². The van der Waals surface area contributed by atoms with Crippen LogP contribution < -0.4 is 5.32 Å². The molecule has 1 amide bonds. The van der Waals surface area contributed by atoms with E-state index >= 15 is 0 Å². The highest BCUT2D eigenvalue weighted by molar-refractivity contribution is 7.98. The molecule has 0 saturated carbocycles. The van der Waals surface area contributed by atoms with Gasteiger partial charge in [-0.05, 0) is 43.7 Å². The van der Waals surface area contributed by atoms with E-state index in [1.807, 2.05) is 49.4 Å². The Morgan fingerprint density at radius 3 is 2.52 bits per heavy atom. The minimum atomic E-state index is -1.11. The number of rotatable bonds is 7. The molecule has 0 aliphatic carbocycles. The van der Waals surface area contributed by atoms with Crippen LogP contribution in [-0.2, 0) is 11.4 Å². The normalized spacial score (nSPS) is 13.1. The van der Waals surface area contributed by atoms with Crippen molar-refractivity contribution in [3.63, 3.8) is 0 Å². The smallest absolute Gasteiger partial charge is 0.251 e. The molecule has 0 radical (unpaired) electrons. The fraction of sp³-hybridized carbons (Fsp3) is 0.238. The van der Waals surface area contributed by atoms with E-state index in [1.165, 1.54) is 0 Å². The summed E-state index contributed by atoms with van der Waals surface area (Å²) in [5, 5.41) is 16.5. The fourth-order valence-corrected chi connectivity index (χ4v) is 4.10. The molecule has 1 aromatic heterocycles. The van der Waals surface area contributed by atoms with Gasteiger partial charge in [-0.2, -0.15) is 0 Å². The lowest BCUT2D eigenvalue weighted by Crippen LogP contribution is -2.38. The number of amides is 1. The molecule has 6 heteroatoms. The van der Waals surface area contributed by atoms with Crippen molar-refractivity contribution in [1.29, 1.82) is 0 Å². The second-order valence-corrected chi connectivity index (χ2v) is 8.60. The molecule has 1 unspecified atom stereocenters. The molecule has 0 aliphatic heterocycles. The third-order valence-electron chi connectivity index (χ3n) is 4.16. The van der Waals surface area contributed by atoms with Gasteiger partial charge in [0.15, 0.2) is 0 Å². The zero-order valence-corrected chi connectivity index (χ0v) is 16.9. The van der Waals surface area contributed by atoms with Crippen LogP contribution in [-0.4, -0.2) is 22.5 Å². The van der Waals surface area contributed by atoms with Crippen LogP contribution in [0.15, 0.2) is 64.9 Å². The maximum Gasteiger partial charge on any atom is 0.251 e. The number of carbonyl (C=O) groups is 1. The van der Waals surface area contributed by atoms with Crippen molar-refractivity contribution in [3.8, 4) is 0 Å². The van der Waals surface area contributed by atoms with Crippen molar-refractivity contribution in [2.75, 3.05) is 6.54 Å². The summed E-state index contributed by atoms with van der Waals surface area (Å²) < 4.78 is 0. The van der Waals surface area contributed by atoms with Gasteiger partial charge in [0.05, 0.1) is 17.2 Å². The van der Waals surface area contributed by atoms with Gasteiger partial charge < -0.3 is 10.4 Å². The number of aryl methyl sites for hydroxylation is 1. The van der Waals surface area contributed by atoms with Crippen LogP contribution in [0.1, 0.15) is 33.5 Å². The molecule has 3 aromatic rings. The van der Waals surface area contributed by atoms with Gasteiger partial charge in [0, 0.05) is 21.6 Å². The van der Waals surface area contributed by atoms with Crippen LogP contribution >= 0.6 is 23.1 Å². The monoisotopic (exact) mass is 398 g/mol. The average Bonchev–Trinajstić information content (AvgIpc) is 3.11. The third kappa shape index (κ3) is 5.42. The van der Waals surface area contributed by atoms with Crippen molar-refractivity contribution in [3.05, 3.63) is 81.8 Å². The lowest BCUT2D eigenvalue weighted by Gasteiger charge is -2.24. The summed E-state index contributed by atoms with van der Waals surface area (Å²) in [5.41, 5.74) is 1.31. The summed E-state index contributed by atoms with van der Waals surface area (Å²) in [7, 11) is 0. The summed E-state index contributed by atoms with van der Waals surface area (Å²) in [4.78, 5) is 17.9. The van der Waals surface area contributed by atoms with E-state index in [0.717, 1.165) is 26.9 Å². The molecule has 0 aliphatic rings. The van der Waals surface area contributed by atoms with Gasteiger partial charge in [0.25, 0.3) is 5.91 Å². The summed E-state index contributed by atoms with van der Waals surface area (Å²) in [5.74, 6) is 0.619. The van der Waals surface area contributed by atoms with Gasteiger partial charge in [0.2, 0.25) is 0 Å². The van der Waals surface area contributed by atoms with E-state index in [4.69, 9.17) is 0 Å². The van der Waals surface area contributed by atoms with Gasteiger partial charge in [-0.25, -0.2) is 4.98 Å². The number of hydrogen-bond acceptors (Lipinski definition) is 5. The zero-order valence-electron chi connectivity index (χ0n) is 15.3. The molecule has 4 nitrogen and oxygen atoms in total. The van der Waals surface area contributed by atoms with Crippen molar-refractivity contribution in [1.82, 2.24) is 10.3 Å². The van der Waals surface area contributed by atoms with Crippen LogP contribution in [0.4, 0.5) is 0 Å². The van der Waals surface area contributed by atoms with Crippen molar-refractivity contribution in [2.24, 2.45) is 0 Å². The van der Waals surface area contributed by atoms with Crippen LogP contribution in [0, 0.1) is 6.92 Å². The van der Waals surface area contributed by atoms with Gasteiger partial charge in [0.1, 0.15) is 5.60 Å². The Morgan fingerprint density at radius 2 is 1.89 bits per heavy atom. The largest absolute Gasteiger partial charge is 0.384 e. The van der Waals surface area contributed by atoms with Crippen molar-refractivity contribution in [2.45, 2.75) is 30.1 Å². The summed E-state index contributed by atoms with van der Waals surface area (Å²) in [6, 6.07) is 16.8. The summed E-state index contributed by atoms with van der Waals surface area (Å²) >= 11 is 3.35. The number of carbonyl (C=O) groups excluding carboxylic acids is 1. The molecule has 0 saturated heterocycles. The topological polar surface area (TPSA) is 62.2 Å². The number of hydrogen-bond donors (Lipinski definition) is 2. The number of nitrogens with zero attached hydrogens (tertiary/aromatic N) is 1. The summed E-state index contributed by atoms with van der Waals surface area (Å²) in [6.45, 7) is 3.85. The lowest BCUT2D eigenvalue weighted by molar-refractivity contribution is 0.0526. The van der Waals surface area contributed by atoms with E-state index in [9.17, 15) is 9.90 Å². The Hall–Kier alpha value is -2.15. The first-order valence-corrected chi connectivity index (χ1v) is 10.5. The second-order valence-electron chi connectivity index (χ2n) is 6.49. The SMILES string of the molecule is Cc1nc(CSc2ccc(C(=O)NCC(C)(O)c3ccccc3)cc2)cs1. The first-order valence-electron chi connectivity index (χ1n) is 8.64. The minimum Gasteiger partial charge on any atom is -0.384 e. The Bertz CT molecular complexity index is 890. The molecule has 3 rings (SSSR count). The van der Waals surface area contributed by atoms with Gasteiger partial charge in [-0.3, -0.25) is 4.79 Å². The van der Waals surface area contributed by atoms with Crippen molar-refractivity contribution >= 4 is 29.0 Å². The molecular weight excluding hydrogens is 376 g/mol. The maximum atomic E-state index is 12.4. The Labute approximate surface area is 167 Å². The number of thioether (sulfide) groups is 1. The Balaban J connectivity index is 1.54. The molecule has 0 spiro atoms. The van der Waals surface area contributed by atoms with Crippen LogP contribution in [0.5, 0.6) is 0 Å². The fourth-order valence-electron chi connectivity index (χ4n) is 2.59. The Kier molecular flexibility index (Phi) is 6.31. The number of nitrogens with one attached hydrogen (secondary N) is 1. The second kappa shape index (κ2) is 8.69. The molecule has 2 aromatic carbocycles. The number of aliphatic hydroxyl groups is 1. The molecule has 0 bridgehead atoms. The molecule has 0 fully saturated rings. The maximum absolute atomic E-state index is 12.4. The average molecular weight is 399 g/mol. The summed E-state index contributed by atoms with van der Waals surface area (Å²) in [6.07, 6.45) is 0. The Morgan fingerprint density at radius 1 is 1.19 bits per heavy atom. The first kappa shape index (κ1) is 19.6. The molecule has 2 N–H and O–H groups in total. The number of aromatic nitrogens is 1. The van der Waals surface area contributed by atoms with Gasteiger partial charge in [-0.15, -0.1) is 23.1 Å². The van der Waals surface area contributed by atoms with Gasteiger partial charge >= 0.3 is 0 Å². The zero-order chi connectivity index (χ0) is 19.3. The molecule has 140 valence electrons. The molecular formula is C21H22N2O2S2. The molecule has 1 atom stereocenters. The number of thiazole rings is 1. The predicted molar refractivity (Wildman–Crippen MR) is 111 cm³/mol. The van der Waals surface area contributed by atoms with Crippen LogP contribution in [0.25, 0.3) is 0 Å². The molecule has 1 heterocycles. The van der Waals surface area contributed by atoms with E-state index in [0.29, 0.717) is 5.56 Å². The van der Waals surface area contributed by atoms with E-state index in [-0.39, 0.29) is 12.5 Å². The van der Waals surface area contributed by atoms with Crippen LogP contribution in [0.3, 0.4) is 0 Å². The highest BCUT2D eigenvalue weighted by atomic mass is 32.2. The third-order valence-corrected chi connectivity index (χ3v) is 6.03. The van der Waals surface area contributed by atoms with E-state index in [2.05, 4.69) is 15.7 Å².